The molecule has 0 aliphatic heterocycles. The van der Waals surface area contributed by atoms with E-state index in [-0.39, 0.29) is 63.8 Å². The van der Waals surface area contributed by atoms with Crippen LogP contribution in [0.5, 0.6) is 0 Å². The van der Waals surface area contributed by atoms with Crippen LogP contribution in [0.1, 0.15) is 44.1 Å². The van der Waals surface area contributed by atoms with Crippen molar-refractivity contribution in [2.75, 3.05) is 39.6 Å². The number of esters is 1. The van der Waals surface area contributed by atoms with E-state index in [4.69, 9.17) is 19.3 Å². The normalized spacial score (nSPS) is 12.2. The van der Waals surface area contributed by atoms with E-state index in [0.717, 1.165) is 18.4 Å². The van der Waals surface area contributed by atoms with Crippen LogP contribution in [0.2, 0.25) is 0 Å². The second-order valence-corrected chi connectivity index (χ2v) is 8.54. The highest BCUT2D eigenvalue weighted by molar-refractivity contribution is 5.86. The molecule has 2 amide bonds. The lowest BCUT2D eigenvalue weighted by Gasteiger charge is -2.22. The summed E-state index contributed by atoms with van der Waals surface area (Å²) in [4.78, 5) is 37.5. The van der Waals surface area contributed by atoms with Gasteiger partial charge >= 0.3 is 5.97 Å². The number of benzene rings is 1. The molecule has 0 aliphatic carbocycles. The lowest BCUT2D eigenvalue weighted by molar-refractivity contribution is -0.146. The summed E-state index contributed by atoms with van der Waals surface area (Å²) in [6.07, 6.45) is 6.37. The van der Waals surface area contributed by atoms with Crippen LogP contribution >= 0.6 is 0 Å². The fourth-order valence-corrected chi connectivity index (χ4v) is 3.38. The maximum atomic E-state index is 13.0. The van der Waals surface area contributed by atoms with Crippen LogP contribution in [-0.4, -0.2) is 68.5 Å². The average Bonchev–Trinajstić information content (AvgIpc) is 2.89. The SMILES string of the molecule is C=CCCCCC(=O)OCC(COCc1ccccc1)NC(=O)C(CC=C)CC(=O)NCCOCCO. The highest BCUT2D eigenvalue weighted by atomic mass is 16.5. The van der Waals surface area contributed by atoms with Crippen molar-refractivity contribution in [2.24, 2.45) is 5.92 Å². The van der Waals surface area contributed by atoms with Gasteiger partial charge < -0.3 is 30.0 Å². The van der Waals surface area contributed by atoms with Gasteiger partial charge in [0, 0.05) is 19.4 Å². The van der Waals surface area contributed by atoms with E-state index in [0.29, 0.717) is 25.9 Å². The van der Waals surface area contributed by atoms with Crippen molar-refractivity contribution in [3.8, 4) is 0 Å². The fraction of sp³-hybridized carbons (Fsp3) is 0.536. The average molecular weight is 519 g/mol. The molecule has 0 fully saturated rings. The summed E-state index contributed by atoms with van der Waals surface area (Å²) in [7, 11) is 0. The predicted molar refractivity (Wildman–Crippen MR) is 141 cm³/mol. The standard InChI is InChI=1S/C28H42N2O7/c1-3-5-6-10-14-27(33)37-22-25(21-36-20-23-12-8-7-9-13-23)30-28(34)24(11-4-2)19-26(32)29-15-17-35-18-16-31/h3-4,7-9,12-13,24-25,31H,1-2,5-6,10-11,14-22H2,(H,29,32)(H,30,34). The van der Waals surface area contributed by atoms with E-state index in [9.17, 15) is 14.4 Å². The number of hydrogen-bond donors (Lipinski definition) is 3. The zero-order chi connectivity index (χ0) is 27.1. The Kier molecular flexibility index (Phi) is 18.3. The molecule has 0 heterocycles. The number of ether oxygens (including phenoxy) is 3. The molecule has 9 nitrogen and oxygen atoms in total. The first-order valence-electron chi connectivity index (χ1n) is 12.7. The molecule has 0 aliphatic rings. The Labute approximate surface area is 220 Å². The molecule has 0 aromatic heterocycles. The maximum Gasteiger partial charge on any atom is 0.305 e. The van der Waals surface area contributed by atoms with Crippen molar-refractivity contribution in [1.29, 1.82) is 0 Å². The van der Waals surface area contributed by atoms with Gasteiger partial charge in [0.25, 0.3) is 0 Å². The number of allylic oxidation sites excluding steroid dienone is 2. The van der Waals surface area contributed by atoms with Crippen LogP contribution in [0.4, 0.5) is 0 Å². The van der Waals surface area contributed by atoms with E-state index in [1.807, 2.05) is 36.4 Å². The van der Waals surface area contributed by atoms with Crippen molar-refractivity contribution < 1.29 is 33.7 Å². The molecule has 206 valence electrons. The van der Waals surface area contributed by atoms with Crippen molar-refractivity contribution >= 4 is 17.8 Å². The van der Waals surface area contributed by atoms with Gasteiger partial charge in [0.05, 0.1) is 45.0 Å². The van der Waals surface area contributed by atoms with Gasteiger partial charge in [-0.1, -0.05) is 42.5 Å². The van der Waals surface area contributed by atoms with E-state index < -0.39 is 12.0 Å². The molecule has 1 rings (SSSR count). The number of nitrogens with one attached hydrogen (secondary N) is 2. The smallest absolute Gasteiger partial charge is 0.305 e. The Morgan fingerprint density at radius 3 is 2.49 bits per heavy atom. The Bertz CT molecular complexity index is 801. The number of hydrogen-bond acceptors (Lipinski definition) is 7. The van der Waals surface area contributed by atoms with E-state index >= 15 is 0 Å². The quantitative estimate of drug-likeness (QED) is 0.123. The number of rotatable bonds is 22. The Hall–Kier alpha value is -3.01. The zero-order valence-electron chi connectivity index (χ0n) is 21.7. The summed E-state index contributed by atoms with van der Waals surface area (Å²) < 4.78 is 16.3. The van der Waals surface area contributed by atoms with Gasteiger partial charge in [-0.15, -0.1) is 13.2 Å². The van der Waals surface area contributed by atoms with Gasteiger partial charge in [-0.3, -0.25) is 14.4 Å². The second kappa shape index (κ2) is 21.1. The first-order chi connectivity index (χ1) is 18.0. The summed E-state index contributed by atoms with van der Waals surface area (Å²) in [5.41, 5.74) is 0.982. The minimum Gasteiger partial charge on any atom is -0.463 e. The van der Waals surface area contributed by atoms with Crippen molar-refractivity contribution in [3.63, 3.8) is 0 Å². The molecule has 0 saturated heterocycles. The highest BCUT2D eigenvalue weighted by Gasteiger charge is 2.24. The van der Waals surface area contributed by atoms with Crippen LogP contribution in [0, 0.1) is 5.92 Å². The minimum atomic E-state index is -0.637. The Morgan fingerprint density at radius 2 is 1.78 bits per heavy atom. The molecule has 9 heteroatoms. The van der Waals surface area contributed by atoms with Crippen molar-refractivity contribution in [1.82, 2.24) is 10.6 Å². The fourth-order valence-electron chi connectivity index (χ4n) is 3.38. The number of carbonyl (C=O) groups is 3. The third kappa shape index (κ3) is 16.4. The maximum absolute atomic E-state index is 13.0. The van der Waals surface area contributed by atoms with Crippen LogP contribution in [0.25, 0.3) is 0 Å². The van der Waals surface area contributed by atoms with E-state index in [1.165, 1.54) is 0 Å². The third-order valence-electron chi connectivity index (χ3n) is 5.32. The summed E-state index contributed by atoms with van der Waals surface area (Å²) in [6, 6.07) is 9.04. The molecule has 0 bridgehead atoms. The van der Waals surface area contributed by atoms with E-state index in [2.05, 4.69) is 23.8 Å². The summed E-state index contributed by atoms with van der Waals surface area (Å²) in [5.74, 6) is -1.61. The molecular weight excluding hydrogens is 476 g/mol. The van der Waals surface area contributed by atoms with E-state index in [1.54, 1.807) is 6.08 Å². The number of amides is 2. The van der Waals surface area contributed by atoms with Crippen LogP contribution in [0.3, 0.4) is 0 Å². The Balaban J connectivity index is 2.65. The lowest BCUT2D eigenvalue weighted by atomic mass is 9.99. The number of aliphatic hydroxyl groups is 1. The molecule has 37 heavy (non-hydrogen) atoms. The molecule has 1 aromatic carbocycles. The highest BCUT2D eigenvalue weighted by Crippen LogP contribution is 2.11. The Morgan fingerprint density at radius 1 is 1.00 bits per heavy atom. The number of carbonyl (C=O) groups excluding carboxylic acids is 3. The third-order valence-corrected chi connectivity index (χ3v) is 5.32. The monoisotopic (exact) mass is 518 g/mol. The first-order valence-corrected chi connectivity index (χ1v) is 12.7. The number of aliphatic hydroxyl groups excluding tert-OH is 1. The van der Waals surface area contributed by atoms with Crippen molar-refractivity contribution in [3.05, 3.63) is 61.2 Å². The second-order valence-electron chi connectivity index (χ2n) is 8.54. The van der Waals surface area contributed by atoms with Gasteiger partial charge in [0.1, 0.15) is 6.61 Å². The molecule has 1 aromatic rings. The summed E-state index contributed by atoms with van der Waals surface area (Å²) in [5, 5.41) is 14.3. The molecule has 0 radical (unpaired) electrons. The van der Waals surface area contributed by atoms with Gasteiger partial charge in [-0.2, -0.15) is 0 Å². The molecular formula is C28H42N2O7. The number of unbranched alkanes of at least 4 members (excludes halogenated alkanes) is 2. The molecule has 2 unspecified atom stereocenters. The zero-order valence-corrected chi connectivity index (χ0v) is 21.7. The van der Waals surface area contributed by atoms with Gasteiger partial charge in [-0.25, -0.2) is 0 Å². The summed E-state index contributed by atoms with van der Waals surface area (Å²) in [6.45, 7) is 8.48. The predicted octanol–water partition coefficient (Wildman–Crippen LogP) is 2.69. The topological polar surface area (TPSA) is 123 Å². The van der Waals surface area contributed by atoms with Crippen LogP contribution in [-0.2, 0) is 35.2 Å². The molecule has 0 spiro atoms. The molecule has 2 atom stereocenters. The molecule has 3 N–H and O–H groups in total. The van der Waals surface area contributed by atoms with Gasteiger partial charge in [0.2, 0.25) is 11.8 Å². The first kappa shape index (κ1) is 32.0. The van der Waals surface area contributed by atoms with Crippen molar-refractivity contribution in [2.45, 2.75) is 51.2 Å². The molecule has 0 saturated carbocycles. The van der Waals surface area contributed by atoms with Crippen LogP contribution in [0.15, 0.2) is 55.6 Å². The van der Waals surface area contributed by atoms with Crippen LogP contribution < -0.4 is 10.6 Å². The van der Waals surface area contributed by atoms with Gasteiger partial charge in [-0.05, 0) is 31.2 Å². The minimum absolute atomic E-state index is 0.0292. The largest absolute Gasteiger partial charge is 0.463 e. The van der Waals surface area contributed by atoms with Gasteiger partial charge in [0.15, 0.2) is 0 Å². The summed E-state index contributed by atoms with van der Waals surface area (Å²) >= 11 is 0. The lowest BCUT2D eigenvalue weighted by Crippen LogP contribution is -2.45.